The van der Waals surface area contributed by atoms with Crippen molar-refractivity contribution in [1.29, 1.82) is 0 Å². The van der Waals surface area contributed by atoms with Crippen LogP contribution in [-0.4, -0.2) is 53.9 Å². The number of benzene rings is 2. The van der Waals surface area contributed by atoms with Gasteiger partial charge in [-0.2, -0.15) is 0 Å². The Morgan fingerprint density at radius 2 is 1.90 bits per heavy atom. The predicted molar refractivity (Wildman–Crippen MR) is 158 cm³/mol. The van der Waals surface area contributed by atoms with Crippen molar-refractivity contribution in [2.24, 2.45) is 0 Å². The van der Waals surface area contributed by atoms with Crippen molar-refractivity contribution in [3.8, 4) is 11.3 Å². The summed E-state index contributed by atoms with van der Waals surface area (Å²) in [5.74, 6) is 0.605. The third-order valence-electron chi connectivity index (χ3n) is 7.93. The Balaban J connectivity index is 1.27. The number of carbonyl (C=O) groups is 1. The molecule has 1 N–H and O–H groups in total. The summed E-state index contributed by atoms with van der Waals surface area (Å²) < 4.78 is 5.85. The molecule has 0 spiro atoms. The summed E-state index contributed by atoms with van der Waals surface area (Å²) in [5, 5.41) is 14.8. The SMILES string of the molecule is C=C(CC)c1cc(N2CCN(CCc3c(-c4ccccc4Cl)noc3C3CC3)CC2)ccc1/C(=C\C)C(=O)O. The van der Waals surface area contributed by atoms with E-state index in [0.717, 1.165) is 97.8 Å². The number of allylic oxidation sites excluding steroid dienone is 2. The van der Waals surface area contributed by atoms with E-state index in [1.165, 1.54) is 5.56 Å². The van der Waals surface area contributed by atoms with Crippen LogP contribution in [0.25, 0.3) is 22.4 Å². The number of carboxylic acids is 1. The Morgan fingerprint density at radius 1 is 1.15 bits per heavy atom. The van der Waals surface area contributed by atoms with E-state index in [4.69, 9.17) is 16.1 Å². The molecule has 1 aliphatic carbocycles. The zero-order chi connectivity index (χ0) is 27.5. The van der Waals surface area contributed by atoms with E-state index in [2.05, 4.69) is 34.5 Å². The molecule has 2 aromatic carbocycles. The number of hydrogen-bond acceptors (Lipinski definition) is 5. The number of anilines is 1. The molecular formula is C32H36ClN3O3. The normalized spacial score (nSPS) is 16.5. The highest BCUT2D eigenvalue weighted by Gasteiger charge is 2.33. The van der Waals surface area contributed by atoms with Crippen molar-refractivity contribution in [2.45, 2.75) is 45.4 Å². The second kappa shape index (κ2) is 11.8. The van der Waals surface area contributed by atoms with Gasteiger partial charge in [0.2, 0.25) is 0 Å². The Morgan fingerprint density at radius 3 is 2.54 bits per heavy atom. The molecule has 0 radical (unpaired) electrons. The summed E-state index contributed by atoms with van der Waals surface area (Å²) in [6.45, 7) is 12.7. The number of aliphatic carboxylic acids is 1. The molecule has 0 amide bonds. The van der Waals surface area contributed by atoms with Crippen LogP contribution in [0.3, 0.4) is 0 Å². The van der Waals surface area contributed by atoms with Crippen LogP contribution < -0.4 is 4.90 Å². The molecule has 7 heteroatoms. The number of rotatable bonds is 10. The van der Waals surface area contributed by atoms with Gasteiger partial charge >= 0.3 is 5.97 Å². The average Bonchev–Trinajstić information content (AvgIpc) is 3.71. The number of nitrogens with zero attached hydrogens (tertiary/aromatic N) is 3. The first-order chi connectivity index (χ1) is 18.9. The van der Waals surface area contributed by atoms with Gasteiger partial charge in [0, 0.05) is 55.5 Å². The summed E-state index contributed by atoms with van der Waals surface area (Å²) in [4.78, 5) is 16.7. The fraction of sp³-hybridized carbons (Fsp3) is 0.375. The van der Waals surface area contributed by atoms with Crippen LogP contribution in [0.5, 0.6) is 0 Å². The molecule has 0 unspecified atom stereocenters. The van der Waals surface area contributed by atoms with E-state index < -0.39 is 5.97 Å². The minimum atomic E-state index is -0.917. The third kappa shape index (κ3) is 5.82. The predicted octanol–water partition coefficient (Wildman–Crippen LogP) is 7.15. The Labute approximate surface area is 235 Å². The van der Waals surface area contributed by atoms with Gasteiger partial charge in [-0.25, -0.2) is 4.79 Å². The maximum absolute atomic E-state index is 11.8. The second-order valence-corrected chi connectivity index (χ2v) is 10.8. The van der Waals surface area contributed by atoms with Crippen LogP contribution >= 0.6 is 11.6 Å². The first kappa shape index (κ1) is 27.2. The van der Waals surface area contributed by atoms with Gasteiger partial charge in [0.05, 0.1) is 10.6 Å². The van der Waals surface area contributed by atoms with Crippen molar-refractivity contribution < 1.29 is 14.4 Å². The van der Waals surface area contributed by atoms with E-state index in [-0.39, 0.29) is 0 Å². The highest BCUT2D eigenvalue weighted by molar-refractivity contribution is 6.33. The largest absolute Gasteiger partial charge is 0.478 e. The number of piperazine rings is 1. The molecule has 3 aromatic rings. The topological polar surface area (TPSA) is 69.8 Å². The van der Waals surface area contributed by atoms with Crippen molar-refractivity contribution >= 4 is 34.4 Å². The lowest BCUT2D eigenvalue weighted by Gasteiger charge is -2.36. The highest BCUT2D eigenvalue weighted by Crippen LogP contribution is 2.45. The monoisotopic (exact) mass is 545 g/mol. The molecule has 1 saturated carbocycles. The molecule has 39 heavy (non-hydrogen) atoms. The Hall–Kier alpha value is -3.35. The first-order valence-corrected chi connectivity index (χ1v) is 14.2. The molecule has 204 valence electrons. The fourth-order valence-electron chi connectivity index (χ4n) is 5.44. The highest BCUT2D eigenvalue weighted by atomic mass is 35.5. The summed E-state index contributed by atoms with van der Waals surface area (Å²) in [6.07, 6.45) is 5.63. The standard InChI is InChI=1S/C32H36ClN3O3/c1-4-21(3)28-20-23(12-13-25(28)24(5-2)32(37)38)36-18-16-35(17-19-36)15-14-27-30(26-8-6-7-9-29(26)33)34-39-31(27)22-10-11-22/h5-9,12-13,20,22H,3-4,10-11,14-19H2,1-2H3,(H,37,38)/b24-5+. The lowest BCUT2D eigenvalue weighted by Crippen LogP contribution is -2.47. The number of carboxylic acid groups (broad SMARTS) is 1. The summed E-state index contributed by atoms with van der Waals surface area (Å²) in [7, 11) is 0. The second-order valence-electron chi connectivity index (χ2n) is 10.4. The molecule has 1 aliphatic heterocycles. The molecular weight excluding hydrogens is 510 g/mol. The van der Waals surface area contributed by atoms with Crippen LogP contribution in [0.4, 0.5) is 5.69 Å². The molecule has 1 aromatic heterocycles. The zero-order valence-corrected chi connectivity index (χ0v) is 23.5. The van der Waals surface area contributed by atoms with E-state index in [0.29, 0.717) is 16.5 Å². The smallest absolute Gasteiger partial charge is 0.335 e. The molecule has 2 heterocycles. The molecule has 0 atom stereocenters. The number of halogens is 1. The van der Waals surface area contributed by atoms with E-state index in [1.54, 1.807) is 13.0 Å². The molecule has 2 aliphatic rings. The maximum Gasteiger partial charge on any atom is 0.335 e. The Bertz CT molecular complexity index is 1400. The van der Waals surface area contributed by atoms with E-state index in [9.17, 15) is 9.90 Å². The van der Waals surface area contributed by atoms with Crippen LogP contribution in [0.2, 0.25) is 5.02 Å². The van der Waals surface area contributed by atoms with Gasteiger partial charge in [0.15, 0.2) is 0 Å². The van der Waals surface area contributed by atoms with E-state index in [1.807, 2.05) is 36.4 Å². The summed E-state index contributed by atoms with van der Waals surface area (Å²) >= 11 is 6.51. The summed E-state index contributed by atoms with van der Waals surface area (Å²) in [6, 6.07) is 13.9. The third-order valence-corrected chi connectivity index (χ3v) is 8.26. The van der Waals surface area contributed by atoms with Gasteiger partial charge in [-0.05, 0) is 67.5 Å². The van der Waals surface area contributed by atoms with Crippen molar-refractivity contribution in [3.63, 3.8) is 0 Å². The minimum absolute atomic E-state index is 0.312. The average molecular weight is 546 g/mol. The van der Waals surface area contributed by atoms with Gasteiger partial charge < -0.3 is 14.5 Å². The van der Waals surface area contributed by atoms with Crippen molar-refractivity contribution in [1.82, 2.24) is 10.1 Å². The van der Waals surface area contributed by atoms with Crippen LogP contribution in [0.1, 0.15) is 61.5 Å². The van der Waals surface area contributed by atoms with Crippen LogP contribution in [0, 0.1) is 0 Å². The zero-order valence-electron chi connectivity index (χ0n) is 22.8. The van der Waals surface area contributed by atoms with E-state index >= 15 is 0 Å². The van der Waals surface area contributed by atoms with Gasteiger partial charge in [-0.1, -0.05) is 60.6 Å². The molecule has 5 rings (SSSR count). The fourth-order valence-corrected chi connectivity index (χ4v) is 5.66. The molecule has 0 bridgehead atoms. The van der Waals surface area contributed by atoms with Gasteiger partial charge in [0.1, 0.15) is 11.5 Å². The molecule has 1 saturated heterocycles. The number of aromatic nitrogens is 1. The minimum Gasteiger partial charge on any atom is -0.478 e. The molecule has 6 nitrogen and oxygen atoms in total. The molecule has 2 fully saturated rings. The lowest BCUT2D eigenvalue weighted by molar-refractivity contribution is -0.130. The van der Waals surface area contributed by atoms with Crippen LogP contribution in [0.15, 0.2) is 59.6 Å². The maximum atomic E-state index is 11.8. The van der Waals surface area contributed by atoms with Gasteiger partial charge in [0.25, 0.3) is 0 Å². The first-order valence-electron chi connectivity index (χ1n) is 13.8. The van der Waals surface area contributed by atoms with Crippen molar-refractivity contribution in [2.75, 3.05) is 37.6 Å². The summed E-state index contributed by atoms with van der Waals surface area (Å²) in [5.41, 5.74) is 7.03. The van der Waals surface area contributed by atoms with Gasteiger partial charge in [-0.15, -0.1) is 0 Å². The van der Waals surface area contributed by atoms with Gasteiger partial charge in [-0.3, -0.25) is 4.90 Å². The van der Waals surface area contributed by atoms with Crippen molar-refractivity contribution in [3.05, 3.63) is 82.6 Å². The quantitative estimate of drug-likeness (QED) is 0.273. The number of hydrogen-bond donors (Lipinski definition) is 1. The van der Waals surface area contributed by atoms with Crippen LogP contribution in [-0.2, 0) is 11.2 Å². The lowest BCUT2D eigenvalue weighted by atomic mass is 9.93. The Kier molecular flexibility index (Phi) is 8.24.